The van der Waals surface area contributed by atoms with Gasteiger partial charge in [0.15, 0.2) is 0 Å². The Bertz CT molecular complexity index is 1110. The second-order valence-electron chi connectivity index (χ2n) is 11.1. The Morgan fingerprint density at radius 2 is 2.11 bits per heavy atom. The number of aryl methyl sites for hydroxylation is 2. The van der Waals surface area contributed by atoms with Crippen LogP contribution in [0.1, 0.15) is 80.3 Å². The van der Waals surface area contributed by atoms with Crippen LogP contribution in [-0.2, 0) is 17.6 Å². The summed E-state index contributed by atoms with van der Waals surface area (Å²) in [4.78, 5) is 21.8. The fourth-order valence-corrected chi connectivity index (χ4v) is 6.08. The van der Waals surface area contributed by atoms with E-state index in [1.165, 1.54) is 17.7 Å². The summed E-state index contributed by atoms with van der Waals surface area (Å²) in [5.74, 6) is 0.914. The SMILES string of the molecule is COc1c(Cl)cc(C(C)C)cc1[C@H](C(=O)O)N1CC[C@@H](N(C)CCCCCc2ccc3c(n2)NCCC3)C1. The number of likely N-dealkylation sites (tertiary alicyclic amines) is 1. The second-order valence-corrected chi connectivity index (χ2v) is 11.5. The number of carboxylic acid groups (broad SMARTS) is 1. The van der Waals surface area contributed by atoms with Gasteiger partial charge in [0.05, 0.1) is 12.1 Å². The largest absolute Gasteiger partial charge is 0.495 e. The van der Waals surface area contributed by atoms with E-state index in [-0.39, 0.29) is 5.92 Å². The number of hydrogen-bond donors (Lipinski definition) is 2. The molecule has 38 heavy (non-hydrogen) atoms. The first-order chi connectivity index (χ1) is 18.3. The van der Waals surface area contributed by atoms with Crippen LogP contribution < -0.4 is 10.1 Å². The van der Waals surface area contributed by atoms with E-state index in [1.807, 2.05) is 12.1 Å². The molecule has 2 atom stereocenters. The van der Waals surface area contributed by atoms with E-state index in [9.17, 15) is 9.90 Å². The Labute approximate surface area is 232 Å². The summed E-state index contributed by atoms with van der Waals surface area (Å²) in [6, 6.07) is 7.81. The zero-order valence-electron chi connectivity index (χ0n) is 23.3. The fraction of sp³-hybridized carbons (Fsp3) is 0.600. The summed E-state index contributed by atoms with van der Waals surface area (Å²) in [7, 11) is 3.72. The molecule has 0 aliphatic carbocycles. The van der Waals surface area contributed by atoms with Gasteiger partial charge in [0.25, 0.3) is 0 Å². The maximum absolute atomic E-state index is 12.5. The van der Waals surface area contributed by atoms with Crippen molar-refractivity contribution in [1.29, 1.82) is 0 Å². The van der Waals surface area contributed by atoms with E-state index in [0.29, 0.717) is 28.9 Å². The molecule has 208 valence electrons. The lowest BCUT2D eigenvalue weighted by Crippen LogP contribution is -2.38. The van der Waals surface area contributed by atoms with Crippen LogP contribution in [-0.4, -0.2) is 72.2 Å². The molecule has 2 aliphatic heterocycles. The number of nitrogens with zero attached hydrogens (tertiary/aromatic N) is 3. The normalized spacial score (nSPS) is 18.4. The molecule has 0 radical (unpaired) electrons. The van der Waals surface area contributed by atoms with Gasteiger partial charge in [-0.3, -0.25) is 9.69 Å². The number of carboxylic acids is 1. The van der Waals surface area contributed by atoms with Crippen molar-refractivity contribution in [1.82, 2.24) is 14.8 Å². The van der Waals surface area contributed by atoms with Crippen molar-refractivity contribution < 1.29 is 14.6 Å². The Balaban J connectivity index is 1.29. The number of ether oxygens (including phenoxy) is 1. The predicted molar refractivity (Wildman–Crippen MR) is 154 cm³/mol. The molecule has 1 aromatic carbocycles. The van der Waals surface area contributed by atoms with Gasteiger partial charge in [-0.15, -0.1) is 0 Å². The van der Waals surface area contributed by atoms with Gasteiger partial charge in [-0.25, -0.2) is 4.98 Å². The number of carbonyl (C=O) groups is 1. The summed E-state index contributed by atoms with van der Waals surface area (Å²) in [6.07, 6.45) is 7.68. The van der Waals surface area contributed by atoms with Crippen molar-refractivity contribution >= 4 is 23.4 Å². The van der Waals surface area contributed by atoms with Crippen LogP contribution in [0.5, 0.6) is 5.75 Å². The molecule has 0 saturated carbocycles. The van der Waals surface area contributed by atoms with Gasteiger partial charge in [-0.1, -0.05) is 37.9 Å². The summed E-state index contributed by atoms with van der Waals surface area (Å²) < 4.78 is 5.57. The molecule has 3 heterocycles. The predicted octanol–water partition coefficient (Wildman–Crippen LogP) is 5.77. The van der Waals surface area contributed by atoms with Gasteiger partial charge in [-0.05, 0) is 87.4 Å². The topological polar surface area (TPSA) is 77.9 Å². The van der Waals surface area contributed by atoms with Gasteiger partial charge in [0.1, 0.15) is 17.6 Å². The highest BCUT2D eigenvalue weighted by molar-refractivity contribution is 6.32. The second kappa shape index (κ2) is 13.1. The Kier molecular flexibility index (Phi) is 9.91. The number of aliphatic carboxylic acids is 1. The number of fused-ring (bicyclic) bond motifs is 1. The molecule has 1 fully saturated rings. The molecule has 1 saturated heterocycles. The highest BCUT2D eigenvalue weighted by atomic mass is 35.5. The van der Waals surface area contributed by atoms with Crippen molar-refractivity contribution in [3.63, 3.8) is 0 Å². The van der Waals surface area contributed by atoms with Crippen LogP contribution in [0.25, 0.3) is 0 Å². The van der Waals surface area contributed by atoms with Crippen LogP contribution >= 0.6 is 11.6 Å². The molecular formula is C30H43ClN4O3. The number of likely N-dealkylation sites (N-methyl/N-ethyl adjacent to an activating group) is 1. The zero-order chi connectivity index (χ0) is 27.2. The molecule has 8 heteroatoms. The fourth-order valence-electron chi connectivity index (χ4n) is 5.77. The number of nitrogens with one attached hydrogen (secondary N) is 1. The van der Waals surface area contributed by atoms with Crippen molar-refractivity contribution in [3.05, 3.63) is 51.7 Å². The van der Waals surface area contributed by atoms with E-state index in [2.05, 4.69) is 48.1 Å². The van der Waals surface area contributed by atoms with Gasteiger partial charge < -0.3 is 20.1 Å². The number of anilines is 1. The highest BCUT2D eigenvalue weighted by Crippen LogP contribution is 2.39. The number of rotatable bonds is 12. The molecule has 1 aromatic heterocycles. The molecule has 0 bridgehead atoms. The van der Waals surface area contributed by atoms with Gasteiger partial charge in [0.2, 0.25) is 0 Å². The first kappa shape index (κ1) is 28.7. The van der Waals surface area contributed by atoms with Crippen molar-refractivity contribution in [2.24, 2.45) is 0 Å². The first-order valence-corrected chi connectivity index (χ1v) is 14.4. The Hall–Kier alpha value is -2.35. The van der Waals surface area contributed by atoms with E-state index in [1.54, 1.807) is 7.11 Å². The molecule has 7 nitrogen and oxygen atoms in total. The summed E-state index contributed by atoms with van der Waals surface area (Å²) in [5.41, 5.74) is 4.18. The minimum atomic E-state index is -0.866. The van der Waals surface area contributed by atoms with Crippen LogP contribution in [0, 0.1) is 0 Å². The Morgan fingerprint density at radius 1 is 1.29 bits per heavy atom. The minimum Gasteiger partial charge on any atom is -0.495 e. The number of halogens is 1. The van der Waals surface area contributed by atoms with Crippen molar-refractivity contribution in [2.75, 3.05) is 45.7 Å². The van der Waals surface area contributed by atoms with E-state index in [0.717, 1.165) is 69.5 Å². The van der Waals surface area contributed by atoms with Crippen molar-refractivity contribution in [3.8, 4) is 5.75 Å². The monoisotopic (exact) mass is 542 g/mol. The molecular weight excluding hydrogens is 500 g/mol. The molecule has 4 rings (SSSR count). The third kappa shape index (κ3) is 6.80. The minimum absolute atomic E-state index is 0.240. The number of hydrogen-bond acceptors (Lipinski definition) is 6. The standard InChI is InChI=1S/C30H43ClN4O3/c1-20(2)22-17-25(28(38-4)26(31)18-22)27(30(36)37)35-16-13-24(19-35)34(3)15-7-5-6-10-23-12-11-21-9-8-14-32-29(21)33-23/h11-12,17-18,20,24,27H,5-10,13-16,19H2,1-4H3,(H,32,33)(H,36,37)/t24-,27-/m1/s1. The highest BCUT2D eigenvalue weighted by Gasteiger charge is 2.37. The number of unbranched alkanes of at least 4 members (excludes halogenated alkanes) is 2. The average Bonchev–Trinajstić information content (AvgIpc) is 3.37. The van der Waals surface area contributed by atoms with E-state index in [4.69, 9.17) is 21.3 Å². The molecule has 0 unspecified atom stereocenters. The maximum atomic E-state index is 12.5. The summed E-state index contributed by atoms with van der Waals surface area (Å²) in [6.45, 7) is 7.64. The lowest BCUT2D eigenvalue weighted by Gasteiger charge is -2.29. The third-order valence-electron chi connectivity index (χ3n) is 8.07. The van der Waals surface area contributed by atoms with Crippen LogP contribution in [0.3, 0.4) is 0 Å². The van der Waals surface area contributed by atoms with Gasteiger partial charge in [-0.2, -0.15) is 0 Å². The van der Waals surface area contributed by atoms with E-state index < -0.39 is 12.0 Å². The van der Waals surface area contributed by atoms with Gasteiger partial charge in [0, 0.05) is 36.9 Å². The zero-order valence-corrected chi connectivity index (χ0v) is 24.1. The quantitative estimate of drug-likeness (QED) is 0.330. The molecule has 0 spiro atoms. The average molecular weight is 543 g/mol. The lowest BCUT2D eigenvalue weighted by molar-refractivity contribution is -0.143. The molecule has 0 amide bonds. The number of aromatic nitrogens is 1. The van der Waals surface area contributed by atoms with Crippen LogP contribution in [0.4, 0.5) is 5.82 Å². The Morgan fingerprint density at radius 3 is 2.84 bits per heavy atom. The third-order valence-corrected chi connectivity index (χ3v) is 8.35. The van der Waals surface area contributed by atoms with Gasteiger partial charge >= 0.3 is 5.97 Å². The molecule has 2 aromatic rings. The van der Waals surface area contributed by atoms with E-state index >= 15 is 0 Å². The molecule has 2 N–H and O–H groups in total. The maximum Gasteiger partial charge on any atom is 0.325 e. The summed E-state index contributed by atoms with van der Waals surface area (Å²) >= 11 is 6.51. The summed E-state index contributed by atoms with van der Waals surface area (Å²) in [5, 5.41) is 14.1. The first-order valence-electron chi connectivity index (χ1n) is 14.1. The lowest BCUT2D eigenvalue weighted by atomic mass is 9.96. The number of pyridine rings is 1. The van der Waals surface area contributed by atoms with Crippen LogP contribution in [0.15, 0.2) is 24.3 Å². The van der Waals surface area contributed by atoms with Crippen LogP contribution in [0.2, 0.25) is 5.02 Å². The number of benzene rings is 1. The van der Waals surface area contributed by atoms with Crippen molar-refractivity contribution in [2.45, 2.75) is 76.8 Å². The number of methoxy groups -OCH3 is 1. The smallest absolute Gasteiger partial charge is 0.325 e. The molecule has 2 aliphatic rings.